The van der Waals surface area contributed by atoms with Gasteiger partial charge in [0.05, 0.1) is 24.2 Å². The molecule has 1 atom stereocenters. The molecule has 0 amide bonds. The van der Waals surface area contributed by atoms with Crippen molar-refractivity contribution < 1.29 is 9.84 Å². The molecular formula is C16H24N4O3. The second-order valence-electron chi connectivity index (χ2n) is 6.28. The summed E-state index contributed by atoms with van der Waals surface area (Å²) in [5.41, 5.74) is 1.99. The maximum absolute atomic E-state index is 12.0. The third kappa shape index (κ3) is 3.32. The Labute approximate surface area is 134 Å². The van der Waals surface area contributed by atoms with Gasteiger partial charge in [0.2, 0.25) is 0 Å². The highest BCUT2D eigenvalue weighted by Crippen LogP contribution is 2.14. The van der Waals surface area contributed by atoms with Gasteiger partial charge in [0.25, 0.3) is 0 Å². The van der Waals surface area contributed by atoms with Crippen LogP contribution in [0.2, 0.25) is 0 Å². The number of nitrogens with zero attached hydrogens (tertiary/aromatic N) is 2. The number of aryl methyl sites for hydroxylation is 2. The lowest BCUT2D eigenvalue weighted by Crippen LogP contribution is -2.50. The van der Waals surface area contributed by atoms with E-state index in [4.69, 9.17) is 4.74 Å². The maximum Gasteiger partial charge on any atom is 0.328 e. The van der Waals surface area contributed by atoms with Gasteiger partial charge >= 0.3 is 5.69 Å². The highest BCUT2D eigenvalue weighted by Gasteiger charge is 2.28. The van der Waals surface area contributed by atoms with Gasteiger partial charge in [-0.1, -0.05) is 6.07 Å². The van der Waals surface area contributed by atoms with E-state index in [1.165, 1.54) is 0 Å². The highest BCUT2D eigenvalue weighted by molar-refractivity contribution is 5.76. The van der Waals surface area contributed by atoms with Crippen molar-refractivity contribution in [2.75, 3.05) is 32.8 Å². The minimum Gasteiger partial charge on any atom is -0.385 e. The quantitative estimate of drug-likeness (QED) is 0.695. The van der Waals surface area contributed by atoms with Crippen molar-refractivity contribution >= 4 is 11.0 Å². The molecular weight excluding hydrogens is 296 g/mol. The third-order valence-corrected chi connectivity index (χ3v) is 4.37. The zero-order valence-electron chi connectivity index (χ0n) is 13.6. The molecule has 1 aromatic carbocycles. The van der Waals surface area contributed by atoms with E-state index >= 15 is 0 Å². The molecule has 0 spiro atoms. The summed E-state index contributed by atoms with van der Waals surface area (Å²) >= 11 is 0. The number of ether oxygens (including phenoxy) is 1. The van der Waals surface area contributed by atoms with Crippen LogP contribution in [0.25, 0.3) is 11.0 Å². The van der Waals surface area contributed by atoms with Crippen LogP contribution in [0.4, 0.5) is 0 Å². The third-order valence-electron chi connectivity index (χ3n) is 4.37. The summed E-state index contributed by atoms with van der Waals surface area (Å²) in [4.78, 5) is 12.0. The van der Waals surface area contributed by atoms with Gasteiger partial charge in [-0.2, -0.15) is 0 Å². The Hall–Kier alpha value is -1.67. The summed E-state index contributed by atoms with van der Waals surface area (Å²) in [6.07, 6.45) is 0. The van der Waals surface area contributed by atoms with Crippen LogP contribution in [-0.2, 0) is 25.4 Å². The first-order valence-electron chi connectivity index (χ1n) is 7.86. The smallest absolute Gasteiger partial charge is 0.328 e. The lowest BCUT2D eigenvalue weighted by molar-refractivity contribution is -0.0264. The zero-order valence-corrected chi connectivity index (χ0v) is 13.6. The molecule has 7 nitrogen and oxygen atoms in total. The molecule has 1 aliphatic heterocycles. The number of β-amino-alcohol motifs (C(OH)–C–C–N with tert-alkyl or cyclic N) is 1. The molecule has 1 aliphatic rings. The van der Waals surface area contributed by atoms with Crippen LogP contribution in [0.1, 0.15) is 5.56 Å². The fourth-order valence-corrected chi connectivity index (χ4v) is 2.99. The largest absolute Gasteiger partial charge is 0.385 e. The van der Waals surface area contributed by atoms with Crippen molar-refractivity contribution in [3.05, 3.63) is 34.2 Å². The fraction of sp³-hybridized carbons (Fsp3) is 0.562. The first-order valence-corrected chi connectivity index (χ1v) is 7.86. The molecule has 0 radical (unpaired) electrons. The van der Waals surface area contributed by atoms with Crippen LogP contribution in [0.5, 0.6) is 0 Å². The minimum atomic E-state index is -0.889. The van der Waals surface area contributed by atoms with Gasteiger partial charge in [0.1, 0.15) is 5.60 Å². The number of imidazole rings is 1. The van der Waals surface area contributed by atoms with Crippen molar-refractivity contribution in [1.82, 2.24) is 19.8 Å². The Morgan fingerprint density at radius 2 is 2.13 bits per heavy atom. The minimum absolute atomic E-state index is 0.0268. The summed E-state index contributed by atoms with van der Waals surface area (Å²) in [6.45, 7) is 3.32. The number of hydrogen-bond donors (Lipinski definition) is 3. The lowest BCUT2D eigenvalue weighted by atomic mass is 10.1. The summed E-state index contributed by atoms with van der Waals surface area (Å²) in [7, 11) is 3.55. The number of hydrogen-bond acceptors (Lipinski definition) is 5. The van der Waals surface area contributed by atoms with Crippen molar-refractivity contribution in [2.45, 2.75) is 12.1 Å². The van der Waals surface area contributed by atoms with Gasteiger partial charge < -0.3 is 20.5 Å². The van der Waals surface area contributed by atoms with Crippen LogP contribution < -0.4 is 16.3 Å². The van der Waals surface area contributed by atoms with E-state index in [9.17, 15) is 9.90 Å². The Morgan fingerprint density at radius 1 is 1.35 bits per heavy atom. The van der Waals surface area contributed by atoms with Gasteiger partial charge in [0, 0.05) is 40.3 Å². The van der Waals surface area contributed by atoms with Crippen LogP contribution in [-0.4, -0.2) is 52.7 Å². The van der Waals surface area contributed by atoms with Gasteiger partial charge in [-0.3, -0.25) is 9.13 Å². The predicted octanol–water partition coefficient (Wildman–Crippen LogP) is -0.682. The van der Waals surface area contributed by atoms with E-state index in [1.807, 2.05) is 18.2 Å². The molecule has 2 heterocycles. The first-order chi connectivity index (χ1) is 11.0. The van der Waals surface area contributed by atoms with Crippen LogP contribution in [0.3, 0.4) is 0 Å². The zero-order chi connectivity index (χ0) is 16.4. The predicted molar refractivity (Wildman–Crippen MR) is 88.5 cm³/mol. The van der Waals surface area contributed by atoms with Crippen molar-refractivity contribution in [3.8, 4) is 0 Å². The maximum atomic E-state index is 12.0. The topological polar surface area (TPSA) is 80.5 Å². The monoisotopic (exact) mass is 320 g/mol. The summed E-state index contributed by atoms with van der Waals surface area (Å²) in [6, 6.07) is 5.97. The van der Waals surface area contributed by atoms with Crippen LogP contribution >= 0.6 is 0 Å². The molecule has 126 valence electrons. The number of aromatic nitrogens is 2. The average Bonchev–Trinajstić information content (AvgIpc) is 2.71. The molecule has 2 aromatic rings. The van der Waals surface area contributed by atoms with E-state index in [0.717, 1.165) is 23.1 Å². The Bertz CT molecular complexity index is 742. The summed E-state index contributed by atoms with van der Waals surface area (Å²) in [5, 5.41) is 16.9. The molecule has 3 rings (SSSR count). The summed E-state index contributed by atoms with van der Waals surface area (Å²) < 4.78 is 8.70. The molecule has 1 aromatic heterocycles. The highest BCUT2D eigenvalue weighted by atomic mass is 16.5. The molecule has 7 heteroatoms. The Balaban J connectivity index is 1.67. The SMILES string of the molecule is Cn1c(=O)n(C)c2cc(CNCC3(O)CNCCOC3)ccc21. The van der Waals surface area contributed by atoms with Crippen molar-refractivity contribution in [2.24, 2.45) is 14.1 Å². The molecule has 1 saturated heterocycles. The standard InChI is InChI=1S/C16H24N4O3/c1-19-13-4-3-12(7-14(13)20(2)15(19)21)8-18-10-16(22)9-17-5-6-23-11-16/h3-4,7,17-18,22H,5-6,8-11H2,1-2H3. The number of aliphatic hydroxyl groups is 1. The lowest BCUT2D eigenvalue weighted by Gasteiger charge is -2.26. The number of rotatable bonds is 4. The van der Waals surface area contributed by atoms with Gasteiger partial charge in [-0.05, 0) is 17.7 Å². The van der Waals surface area contributed by atoms with Crippen LogP contribution in [0.15, 0.2) is 23.0 Å². The van der Waals surface area contributed by atoms with E-state index in [-0.39, 0.29) is 5.69 Å². The normalized spacial score (nSPS) is 22.4. The van der Waals surface area contributed by atoms with Gasteiger partial charge in [-0.25, -0.2) is 4.79 Å². The second kappa shape index (κ2) is 6.45. The number of benzene rings is 1. The van der Waals surface area contributed by atoms with E-state index in [1.54, 1.807) is 23.2 Å². The molecule has 1 fully saturated rings. The van der Waals surface area contributed by atoms with Crippen molar-refractivity contribution in [1.29, 1.82) is 0 Å². The molecule has 0 saturated carbocycles. The first kappa shape index (κ1) is 16.2. The molecule has 3 N–H and O–H groups in total. The van der Waals surface area contributed by atoms with Gasteiger partial charge in [0.15, 0.2) is 0 Å². The number of fused-ring (bicyclic) bond motifs is 1. The van der Waals surface area contributed by atoms with Gasteiger partial charge in [-0.15, -0.1) is 0 Å². The fourth-order valence-electron chi connectivity index (χ4n) is 2.99. The van der Waals surface area contributed by atoms with Crippen molar-refractivity contribution in [3.63, 3.8) is 0 Å². The average molecular weight is 320 g/mol. The van der Waals surface area contributed by atoms with Crippen LogP contribution in [0, 0.1) is 0 Å². The molecule has 0 bridgehead atoms. The summed E-state index contributed by atoms with van der Waals surface area (Å²) in [5.74, 6) is 0. The molecule has 1 unspecified atom stereocenters. The Kier molecular flexibility index (Phi) is 4.54. The van der Waals surface area contributed by atoms with E-state index in [2.05, 4.69) is 10.6 Å². The van der Waals surface area contributed by atoms with E-state index < -0.39 is 5.60 Å². The Morgan fingerprint density at radius 3 is 2.96 bits per heavy atom. The number of nitrogens with one attached hydrogen (secondary N) is 2. The second-order valence-corrected chi connectivity index (χ2v) is 6.28. The molecule has 23 heavy (non-hydrogen) atoms. The molecule has 0 aliphatic carbocycles. The van der Waals surface area contributed by atoms with E-state index in [0.29, 0.717) is 32.8 Å².